The van der Waals surface area contributed by atoms with Crippen LogP contribution < -0.4 is 5.32 Å². The fourth-order valence-corrected chi connectivity index (χ4v) is 2.29. The molecule has 0 aromatic carbocycles. The van der Waals surface area contributed by atoms with E-state index in [9.17, 15) is 0 Å². The lowest BCUT2D eigenvalue weighted by Gasteiger charge is -2.28. The first-order valence-electron chi connectivity index (χ1n) is 5.34. The van der Waals surface area contributed by atoms with Gasteiger partial charge in [0.1, 0.15) is 5.82 Å². The summed E-state index contributed by atoms with van der Waals surface area (Å²) >= 11 is 0. The lowest BCUT2D eigenvalue weighted by Crippen LogP contribution is -2.31. The Kier molecular flexibility index (Phi) is 2.25. The van der Waals surface area contributed by atoms with E-state index in [0.29, 0.717) is 11.5 Å². The summed E-state index contributed by atoms with van der Waals surface area (Å²) in [6.45, 7) is 4.68. The van der Waals surface area contributed by atoms with E-state index in [1.165, 1.54) is 19.3 Å². The van der Waals surface area contributed by atoms with E-state index in [1.54, 1.807) is 0 Å². The molecular weight excluding hydrogens is 174 g/mol. The van der Waals surface area contributed by atoms with E-state index < -0.39 is 0 Å². The van der Waals surface area contributed by atoms with Gasteiger partial charge in [-0.3, -0.25) is 4.68 Å². The molecule has 1 aliphatic carbocycles. The molecule has 1 atom stereocenters. The molecule has 1 aromatic heterocycles. The SMILES string of the molecule is Cn1nccc1NC1CCCC1(C)C. The Labute approximate surface area is 85.5 Å². The third-order valence-electron chi connectivity index (χ3n) is 3.40. The minimum absolute atomic E-state index is 0.421. The standard InChI is InChI=1S/C11H19N3/c1-11(2)7-4-5-9(11)13-10-6-8-12-14(10)3/h6,8-9,13H,4-5,7H2,1-3H3. The van der Waals surface area contributed by atoms with Crippen LogP contribution >= 0.6 is 0 Å². The first-order chi connectivity index (χ1) is 6.59. The highest BCUT2D eigenvalue weighted by Gasteiger charge is 2.34. The molecule has 0 bridgehead atoms. The summed E-state index contributed by atoms with van der Waals surface area (Å²) in [6.07, 6.45) is 5.77. The van der Waals surface area contributed by atoms with Gasteiger partial charge in [-0.25, -0.2) is 0 Å². The molecular formula is C11H19N3. The lowest BCUT2D eigenvalue weighted by molar-refractivity contribution is 0.348. The van der Waals surface area contributed by atoms with E-state index in [-0.39, 0.29) is 0 Å². The third-order valence-corrected chi connectivity index (χ3v) is 3.40. The number of rotatable bonds is 2. The highest BCUT2D eigenvalue weighted by atomic mass is 15.3. The first kappa shape index (κ1) is 9.56. The normalized spacial score (nSPS) is 25.2. The molecule has 1 aliphatic rings. The van der Waals surface area contributed by atoms with Crippen LogP contribution in [-0.4, -0.2) is 15.8 Å². The second kappa shape index (κ2) is 3.30. The Balaban J connectivity index is 2.08. The smallest absolute Gasteiger partial charge is 0.124 e. The highest BCUT2D eigenvalue weighted by Crippen LogP contribution is 2.38. The van der Waals surface area contributed by atoms with Gasteiger partial charge >= 0.3 is 0 Å². The van der Waals surface area contributed by atoms with Crippen LogP contribution in [0.2, 0.25) is 0 Å². The van der Waals surface area contributed by atoms with Crippen molar-refractivity contribution in [1.29, 1.82) is 0 Å². The van der Waals surface area contributed by atoms with Gasteiger partial charge in [-0.2, -0.15) is 5.10 Å². The number of aryl methyl sites for hydroxylation is 1. The number of nitrogens with zero attached hydrogens (tertiary/aromatic N) is 2. The number of hydrogen-bond donors (Lipinski definition) is 1. The van der Waals surface area contributed by atoms with Crippen LogP contribution in [0.25, 0.3) is 0 Å². The maximum atomic E-state index is 4.16. The molecule has 78 valence electrons. The van der Waals surface area contributed by atoms with Crippen LogP contribution in [0.3, 0.4) is 0 Å². The Bertz CT molecular complexity index is 314. The highest BCUT2D eigenvalue weighted by molar-refractivity contribution is 5.35. The molecule has 0 radical (unpaired) electrons. The minimum Gasteiger partial charge on any atom is -0.367 e. The molecule has 0 amide bonds. The molecule has 14 heavy (non-hydrogen) atoms. The van der Waals surface area contributed by atoms with Gasteiger partial charge in [0, 0.05) is 19.2 Å². The van der Waals surface area contributed by atoms with Crippen LogP contribution in [-0.2, 0) is 7.05 Å². The Hall–Kier alpha value is -0.990. The van der Waals surface area contributed by atoms with Crippen molar-refractivity contribution in [2.75, 3.05) is 5.32 Å². The van der Waals surface area contributed by atoms with Crippen molar-refractivity contribution in [1.82, 2.24) is 9.78 Å². The summed E-state index contributed by atoms with van der Waals surface area (Å²) < 4.78 is 1.90. The Morgan fingerprint density at radius 1 is 1.57 bits per heavy atom. The number of hydrogen-bond acceptors (Lipinski definition) is 2. The topological polar surface area (TPSA) is 29.9 Å². The summed E-state index contributed by atoms with van der Waals surface area (Å²) in [5, 5.41) is 7.74. The average molecular weight is 193 g/mol. The van der Waals surface area contributed by atoms with Gasteiger partial charge in [0.15, 0.2) is 0 Å². The van der Waals surface area contributed by atoms with Gasteiger partial charge in [-0.05, 0) is 18.3 Å². The van der Waals surface area contributed by atoms with E-state index in [2.05, 4.69) is 24.3 Å². The predicted molar refractivity (Wildman–Crippen MR) is 58.3 cm³/mol. The van der Waals surface area contributed by atoms with Crippen molar-refractivity contribution in [2.24, 2.45) is 12.5 Å². The average Bonchev–Trinajstić information content (AvgIpc) is 2.62. The molecule has 0 saturated heterocycles. The van der Waals surface area contributed by atoms with Crippen LogP contribution in [0, 0.1) is 5.41 Å². The van der Waals surface area contributed by atoms with Crippen LogP contribution in [0.4, 0.5) is 5.82 Å². The molecule has 1 fully saturated rings. The van der Waals surface area contributed by atoms with Crippen LogP contribution in [0.5, 0.6) is 0 Å². The maximum Gasteiger partial charge on any atom is 0.124 e. The monoisotopic (exact) mass is 193 g/mol. The van der Waals surface area contributed by atoms with E-state index in [4.69, 9.17) is 0 Å². The van der Waals surface area contributed by atoms with Crippen molar-refractivity contribution in [3.8, 4) is 0 Å². The molecule has 0 aliphatic heterocycles. The number of aromatic nitrogens is 2. The number of anilines is 1. The lowest BCUT2D eigenvalue weighted by atomic mass is 9.87. The molecule has 0 spiro atoms. The van der Waals surface area contributed by atoms with Crippen molar-refractivity contribution in [3.63, 3.8) is 0 Å². The zero-order valence-electron chi connectivity index (χ0n) is 9.25. The molecule has 3 heteroatoms. The zero-order chi connectivity index (χ0) is 10.2. The zero-order valence-corrected chi connectivity index (χ0v) is 9.25. The summed E-state index contributed by atoms with van der Waals surface area (Å²) in [7, 11) is 1.98. The van der Waals surface area contributed by atoms with Crippen molar-refractivity contribution < 1.29 is 0 Å². The van der Waals surface area contributed by atoms with Gasteiger partial charge in [0.05, 0.1) is 6.20 Å². The molecule has 3 nitrogen and oxygen atoms in total. The minimum atomic E-state index is 0.421. The summed E-state index contributed by atoms with van der Waals surface area (Å²) in [5.74, 6) is 1.13. The third kappa shape index (κ3) is 1.63. The Morgan fingerprint density at radius 3 is 2.86 bits per heavy atom. The van der Waals surface area contributed by atoms with Crippen LogP contribution in [0.15, 0.2) is 12.3 Å². The molecule has 1 N–H and O–H groups in total. The largest absolute Gasteiger partial charge is 0.367 e. The van der Waals surface area contributed by atoms with Crippen molar-refractivity contribution in [2.45, 2.75) is 39.2 Å². The second-order valence-electron chi connectivity index (χ2n) is 4.92. The predicted octanol–water partition coefficient (Wildman–Crippen LogP) is 2.41. The maximum absolute atomic E-state index is 4.16. The first-order valence-corrected chi connectivity index (χ1v) is 5.34. The quantitative estimate of drug-likeness (QED) is 0.781. The summed E-state index contributed by atoms with van der Waals surface area (Å²) in [6, 6.07) is 2.63. The summed E-state index contributed by atoms with van der Waals surface area (Å²) in [4.78, 5) is 0. The van der Waals surface area contributed by atoms with Gasteiger partial charge in [-0.15, -0.1) is 0 Å². The molecule has 1 heterocycles. The molecule has 1 unspecified atom stereocenters. The van der Waals surface area contributed by atoms with E-state index in [0.717, 1.165) is 5.82 Å². The molecule has 1 aromatic rings. The summed E-state index contributed by atoms with van der Waals surface area (Å²) in [5.41, 5.74) is 0.421. The fourth-order valence-electron chi connectivity index (χ4n) is 2.29. The van der Waals surface area contributed by atoms with Crippen LogP contribution in [0.1, 0.15) is 33.1 Å². The Morgan fingerprint density at radius 2 is 2.36 bits per heavy atom. The molecule has 1 saturated carbocycles. The van der Waals surface area contributed by atoms with Gasteiger partial charge in [-0.1, -0.05) is 20.3 Å². The molecule has 2 rings (SSSR count). The fraction of sp³-hybridized carbons (Fsp3) is 0.727. The second-order valence-corrected chi connectivity index (χ2v) is 4.92. The van der Waals surface area contributed by atoms with Crippen molar-refractivity contribution in [3.05, 3.63) is 12.3 Å². The van der Waals surface area contributed by atoms with Crippen molar-refractivity contribution >= 4 is 5.82 Å². The number of nitrogens with one attached hydrogen (secondary N) is 1. The van der Waals surface area contributed by atoms with Gasteiger partial charge < -0.3 is 5.32 Å². The van der Waals surface area contributed by atoms with E-state index in [1.807, 2.05) is 24.0 Å². The van der Waals surface area contributed by atoms with Gasteiger partial charge in [0.2, 0.25) is 0 Å². The van der Waals surface area contributed by atoms with E-state index >= 15 is 0 Å². The van der Waals surface area contributed by atoms with Gasteiger partial charge in [0.25, 0.3) is 0 Å².